The predicted molar refractivity (Wildman–Crippen MR) is 128 cm³/mol. The largest absolute Gasteiger partial charge is 0.497 e. The van der Waals surface area contributed by atoms with Crippen molar-refractivity contribution in [3.8, 4) is 17.2 Å². The highest BCUT2D eigenvalue weighted by atomic mass is 19.1. The smallest absolute Gasteiger partial charge is 0.323 e. The van der Waals surface area contributed by atoms with Gasteiger partial charge in [-0.05, 0) is 53.6 Å². The molecule has 3 aromatic carbocycles. The molecular formula is C27H23F2N3O3. The van der Waals surface area contributed by atoms with Crippen molar-refractivity contribution in [2.45, 2.75) is 12.6 Å². The Morgan fingerprint density at radius 3 is 2.46 bits per heavy atom. The zero-order valence-corrected chi connectivity index (χ0v) is 19.2. The van der Waals surface area contributed by atoms with E-state index >= 15 is 0 Å². The van der Waals surface area contributed by atoms with E-state index in [1.54, 1.807) is 30.2 Å². The molecule has 1 N–H and O–H groups in total. The van der Waals surface area contributed by atoms with Gasteiger partial charge in [0.2, 0.25) is 0 Å². The molecule has 178 valence electrons. The molecule has 1 aromatic heterocycles. The van der Waals surface area contributed by atoms with Crippen LogP contribution in [0.3, 0.4) is 0 Å². The lowest BCUT2D eigenvalue weighted by molar-refractivity contribution is 0.194. The Hall–Kier alpha value is -4.33. The number of hydrogen-bond donors (Lipinski definition) is 1. The number of nitrogens with zero attached hydrogens (tertiary/aromatic N) is 2. The lowest BCUT2D eigenvalue weighted by Crippen LogP contribution is -2.38. The topological polar surface area (TPSA) is 55.7 Å². The quantitative estimate of drug-likeness (QED) is 0.399. The van der Waals surface area contributed by atoms with Crippen LogP contribution in [-0.2, 0) is 6.54 Å². The summed E-state index contributed by atoms with van der Waals surface area (Å²) in [6.45, 7) is 0.213. The zero-order valence-electron chi connectivity index (χ0n) is 19.2. The molecule has 4 aromatic rings. The average molecular weight is 475 g/mol. The van der Waals surface area contributed by atoms with Crippen LogP contribution in [0.25, 0.3) is 5.69 Å². The molecule has 1 aliphatic heterocycles. The van der Waals surface area contributed by atoms with Crippen LogP contribution in [0, 0.1) is 11.6 Å². The van der Waals surface area contributed by atoms with E-state index in [0.717, 1.165) is 17.3 Å². The first kappa shape index (κ1) is 22.5. The van der Waals surface area contributed by atoms with Crippen LogP contribution in [0.4, 0.5) is 19.3 Å². The Balaban J connectivity index is 1.63. The van der Waals surface area contributed by atoms with Gasteiger partial charge < -0.3 is 24.3 Å². The fourth-order valence-corrected chi connectivity index (χ4v) is 4.51. The first-order valence-corrected chi connectivity index (χ1v) is 11.0. The maximum atomic E-state index is 14.3. The number of hydrogen-bond acceptors (Lipinski definition) is 3. The summed E-state index contributed by atoms with van der Waals surface area (Å²) in [6, 6.07) is 18.6. The van der Waals surface area contributed by atoms with Gasteiger partial charge in [-0.3, -0.25) is 0 Å². The number of urea groups is 1. The number of ether oxygens (including phenoxy) is 2. The minimum atomic E-state index is -0.758. The van der Waals surface area contributed by atoms with Gasteiger partial charge >= 0.3 is 6.03 Å². The van der Waals surface area contributed by atoms with E-state index in [-0.39, 0.29) is 6.54 Å². The van der Waals surface area contributed by atoms with Crippen LogP contribution >= 0.6 is 0 Å². The molecular weight excluding hydrogens is 452 g/mol. The van der Waals surface area contributed by atoms with Crippen LogP contribution in [0.5, 0.6) is 11.5 Å². The van der Waals surface area contributed by atoms with E-state index in [2.05, 4.69) is 5.32 Å². The van der Waals surface area contributed by atoms with Gasteiger partial charge in [-0.2, -0.15) is 0 Å². The molecule has 0 spiro atoms. The fraction of sp³-hybridized carbons (Fsp3) is 0.148. The van der Waals surface area contributed by atoms with Crippen molar-refractivity contribution in [1.82, 2.24) is 9.47 Å². The second-order valence-corrected chi connectivity index (χ2v) is 8.16. The van der Waals surface area contributed by atoms with Crippen LogP contribution in [0.2, 0.25) is 0 Å². The van der Waals surface area contributed by atoms with Crippen LogP contribution in [-0.4, -0.2) is 29.7 Å². The van der Waals surface area contributed by atoms with E-state index in [4.69, 9.17) is 9.47 Å². The summed E-state index contributed by atoms with van der Waals surface area (Å²) in [5, 5.41) is 2.90. The number of carbonyl (C=O) groups excluding carboxylic acids is 1. The van der Waals surface area contributed by atoms with Gasteiger partial charge in [0, 0.05) is 24.0 Å². The van der Waals surface area contributed by atoms with E-state index in [1.807, 2.05) is 47.2 Å². The first-order chi connectivity index (χ1) is 17.0. The third-order valence-electron chi connectivity index (χ3n) is 6.08. The highest BCUT2D eigenvalue weighted by Crippen LogP contribution is 2.38. The number of amides is 2. The second-order valence-electron chi connectivity index (χ2n) is 8.16. The molecule has 1 atom stereocenters. The van der Waals surface area contributed by atoms with E-state index in [9.17, 15) is 13.6 Å². The number of para-hydroxylation sites is 1. The molecule has 0 fully saturated rings. The molecule has 0 radical (unpaired) electrons. The van der Waals surface area contributed by atoms with Crippen LogP contribution in [0.15, 0.2) is 79.0 Å². The van der Waals surface area contributed by atoms with Crippen molar-refractivity contribution in [2.75, 3.05) is 19.5 Å². The number of halogens is 2. The van der Waals surface area contributed by atoms with Crippen molar-refractivity contribution >= 4 is 11.7 Å². The summed E-state index contributed by atoms with van der Waals surface area (Å²) in [7, 11) is 3.04. The van der Waals surface area contributed by atoms with Crippen molar-refractivity contribution in [1.29, 1.82) is 0 Å². The van der Waals surface area contributed by atoms with Gasteiger partial charge in [0.05, 0.1) is 38.2 Å². The molecule has 35 heavy (non-hydrogen) atoms. The molecule has 2 amide bonds. The predicted octanol–water partition coefficient (Wildman–Crippen LogP) is 5.91. The minimum Gasteiger partial charge on any atom is -0.497 e. The number of anilines is 1. The minimum absolute atomic E-state index is 0.213. The van der Waals surface area contributed by atoms with Gasteiger partial charge in [-0.1, -0.05) is 18.2 Å². The number of fused-ring (bicyclic) bond motifs is 3. The molecule has 0 unspecified atom stereocenters. The fourth-order valence-electron chi connectivity index (χ4n) is 4.51. The number of methoxy groups -OCH3 is 2. The monoisotopic (exact) mass is 475 g/mol. The molecule has 5 rings (SSSR count). The molecule has 1 aliphatic rings. The lowest BCUT2D eigenvalue weighted by atomic mass is 10.0. The number of benzene rings is 3. The third kappa shape index (κ3) is 4.19. The molecule has 0 saturated carbocycles. The van der Waals surface area contributed by atoms with E-state index in [0.29, 0.717) is 28.4 Å². The summed E-state index contributed by atoms with van der Waals surface area (Å²) in [5.74, 6) is -0.423. The standard InChI is InChI=1S/C27H23F2N3O3/c1-34-21-9-10-22(25(15-21)35-2)30-27(33)32-16-17-6-3-4-7-23(17)31-11-5-8-24(31)26(32)18-12-19(28)14-20(29)13-18/h3-15,26H,16H2,1-2H3,(H,30,33)/t26-/m0/s1. The number of aromatic nitrogens is 1. The molecule has 0 aliphatic carbocycles. The molecule has 0 bridgehead atoms. The third-order valence-corrected chi connectivity index (χ3v) is 6.08. The van der Waals surface area contributed by atoms with Crippen LogP contribution in [0.1, 0.15) is 22.9 Å². The number of carbonyl (C=O) groups is 1. The molecule has 2 heterocycles. The molecule has 6 nitrogen and oxygen atoms in total. The van der Waals surface area contributed by atoms with Crippen molar-refractivity contribution < 1.29 is 23.0 Å². The maximum Gasteiger partial charge on any atom is 0.323 e. The van der Waals surface area contributed by atoms with Gasteiger partial charge in [0.25, 0.3) is 0 Å². The maximum absolute atomic E-state index is 14.3. The highest BCUT2D eigenvalue weighted by molar-refractivity contribution is 5.92. The Bertz CT molecular complexity index is 1380. The van der Waals surface area contributed by atoms with Crippen molar-refractivity contribution in [3.05, 3.63) is 107 Å². The zero-order chi connectivity index (χ0) is 24.5. The summed E-state index contributed by atoms with van der Waals surface area (Å²) in [5.41, 5.74) is 3.26. The van der Waals surface area contributed by atoms with Gasteiger partial charge in [0.15, 0.2) is 0 Å². The first-order valence-electron chi connectivity index (χ1n) is 11.0. The normalized spacial score (nSPS) is 14.5. The average Bonchev–Trinajstić information content (AvgIpc) is 3.27. The van der Waals surface area contributed by atoms with Gasteiger partial charge in [-0.15, -0.1) is 0 Å². The Morgan fingerprint density at radius 1 is 0.943 bits per heavy atom. The van der Waals surface area contributed by atoms with E-state index in [1.165, 1.54) is 19.2 Å². The molecule has 8 heteroatoms. The SMILES string of the molecule is COc1ccc(NC(=O)N2Cc3ccccc3-n3cccc3[C@@H]2c2cc(F)cc(F)c2)c(OC)c1. The Kier molecular flexibility index (Phi) is 5.86. The van der Waals surface area contributed by atoms with Crippen LogP contribution < -0.4 is 14.8 Å². The van der Waals surface area contributed by atoms with Gasteiger partial charge in [0.1, 0.15) is 23.1 Å². The Morgan fingerprint density at radius 2 is 1.71 bits per heavy atom. The van der Waals surface area contributed by atoms with Crippen molar-refractivity contribution in [3.63, 3.8) is 0 Å². The highest BCUT2D eigenvalue weighted by Gasteiger charge is 2.34. The second kappa shape index (κ2) is 9.13. The number of nitrogens with one attached hydrogen (secondary N) is 1. The summed E-state index contributed by atoms with van der Waals surface area (Å²) >= 11 is 0. The Labute approximate surface area is 201 Å². The molecule has 0 saturated heterocycles. The number of rotatable bonds is 4. The lowest BCUT2D eigenvalue weighted by Gasteiger charge is -2.31. The van der Waals surface area contributed by atoms with Crippen molar-refractivity contribution in [2.24, 2.45) is 0 Å². The summed E-state index contributed by atoms with van der Waals surface area (Å²) < 4.78 is 41.2. The van der Waals surface area contributed by atoms with Gasteiger partial charge in [-0.25, -0.2) is 13.6 Å². The van der Waals surface area contributed by atoms with E-state index < -0.39 is 23.7 Å². The summed E-state index contributed by atoms with van der Waals surface area (Å²) in [6.07, 6.45) is 1.88. The summed E-state index contributed by atoms with van der Waals surface area (Å²) in [4.78, 5) is 15.3.